The Labute approximate surface area is 172 Å². The standard InChI is InChI=1S/C22H20F2N4O2/c1-13(3-2-4-30-21-12-26-18(10-25)11-27-21)22(29)28-19(7-15-8-20(15)28)14-5-16(23)9-17(24)6-14/h5-6,9,11-12,15,19-20H,1-4,7-8H2/t15-,19-,20+/m0/s1. The van der Waals surface area contributed by atoms with E-state index in [9.17, 15) is 13.6 Å². The van der Waals surface area contributed by atoms with Crippen LogP contribution in [0.5, 0.6) is 5.88 Å². The lowest BCUT2D eigenvalue weighted by Gasteiger charge is -2.29. The summed E-state index contributed by atoms with van der Waals surface area (Å²) in [6.07, 6.45) is 5.32. The molecule has 1 aromatic heterocycles. The highest BCUT2D eigenvalue weighted by Crippen LogP contribution is 2.54. The molecule has 3 atom stereocenters. The van der Waals surface area contributed by atoms with Gasteiger partial charge in [-0.05, 0) is 49.3 Å². The lowest BCUT2D eigenvalue weighted by atomic mass is 10.0. The van der Waals surface area contributed by atoms with Gasteiger partial charge in [-0.2, -0.15) is 5.26 Å². The first-order valence-electron chi connectivity index (χ1n) is 9.77. The van der Waals surface area contributed by atoms with Crippen LogP contribution in [0.2, 0.25) is 0 Å². The van der Waals surface area contributed by atoms with Crippen LogP contribution >= 0.6 is 0 Å². The Morgan fingerprint density at radius 2 is 2.00 bits per heavy atom. The minimum atomic E-state index is -0.639. The van der Waals surface area contributed by atoms with Crippen LogP contribution in [0.25, 0.3) is 0 Å². The Balaban J connectivity index is 1.33. The van der Waals surface area contributed by atoms with E-state index >= 15 is 0 Å². The van der Waals surface area contributed by atoms with E-state index in [0.717, 1.165) is 12.5 Å². The van der Waals surface area contributed by atoms with Gasteiger partial charge in [-0.1, -0.05) is 6.58 Å². The summed E-state index contributed by atoms with van der Waals surface area (Å²) in [4.78, 5) is 22.6. The van der Waals surface area contributed by atoms with Crippen molar-refractivity contribution in [3.05, 3.63) is 65.6 Å². The summed E-state index contributed by atoms with van der Waals surface area (Å²) in [5.74, 6) is -0.761. The molecule has 0 bridgehead atoms. The van der Waals surface area contributed by atoms with Crippen LogP contribution in [-0.2, 0) is 4.79 Å². The fraction of sp³-hybridized carbons (Fsp3) is 0.364. The molecule has 30 heavy (non-hydrogen) atoms. The van der Waals surface area contributed by atoms with Gasteiger partial charge >= 0.3 is 0 Å². The normalized spacial score (nSPS) is 21.6. The number of carbonyl (C=O) groups excluding carboxylic acids is 1. The molecule has 0 radical (unpaired) electrons. The molecule has 1 aliphatic heterocycles. The smallest absolute Gasteiger partial charge is 0.249 e. The number of benzene rings is 1. The largest absolute Gasteiger partial charge is 0.477 e. The van der Waals surface area contributed by atoms with E-state index in [1.165, 1.54) is 24.5 Å². The van der Waals surface area contributed by atoms with Gasteiger partial charge in [0.05, 0.1) is 25.0 Å². The fourth-order valence-electron chi connectivity index (χ4n) is 4.01. The molecule has 2 aromatic rings. The van der Waals surface area contributed by atoms with E-state index in [-0.39, 0.29) is 23.7 Å². The number of piperidine rings is 1. The molecule has 2 aliphatic rings. The van der Waals surface area contributed by atoms with Crippen molar-refractivity contribution in [2.75, 3.05) is 6.61 Å². The molecule has 6 nitrogen and oxygen atoms in total. The van der Waals surface area contributed by atoms with Gasteiger partial charge in [-0.25, -0.2) is 18.7 Å². The molecule has 2 heterocycles. The van der Waals surface area contributed by atoms with Gasteiger partial charge in [0.25, 0.3) is 0 Å². The quantitative estimate of drug-likeness (QED) is 0.514. The Bertz CT molecular complexity index is 999. The van der Waals surface area contributed by atoms with E-state index in [1.54, 1.807) is 4.90 Å². The van der Waals surface area contributed by atoms with Crippen molar-refractivity contribution in [2.45, 2.75) is 37.8 Å². The van der Waals surface area contributed by atoms with Crippen LogP contribution in [0.4, 0.5) is 8.78 Å². The molecule has 2 fully saturated rings. The first-order valence-corrected chi connectivity index (χ1v) is 9.77. The number of hydrogen-bond acceptors (Lipinski definition) is 5. The molecule has 1 saturated heterocycles. The SMILES string of the molecule is C=C(CCCOc1cnc(C#N)cn1)C(=O)N1[C@@H]2C[C@@H]2C[C@H]1c1cc(F)cc(F)c1. The molecule has 1 aromatic carbocycles. The summed E-state index contributed by atoms with van der Waals surface area (Å²) in [5.41, 5.74) is 1.14. The predicted molar refractivity (Wildman–Crippen MR) is 103 cm³/mol. The number of aromatic nitrogens is 2. The number of hydrogen-bond donors (Lipinski definition) is 0. The van der Waals surface area contributed by atoms with Gasteiger partial charge in [0, 0.05) is 17.7 Å². The molecule has 0 N–H and O–H groups in total. The zero-order chi connectivity index (χ0) is 21.3. The maximum absolute atomic E-state index is 13.7. The third-order valence-electron chi connectivity index (χ3n) is 5.53. The van der Waals surface area contributed by atoms with Crippen molar-refractivity contribution >= 4 is 5.91 Å². The zero-order valence-electron chi connectivity index (χ0n) is 16.2. The van der Waals surface area contributed by atoms with E-state index in [4.69, 9.17) is 10.00 Å². The predicted octanol–water partition coefficient (Wildman–Crippen LogP) is 3.70. The van der Waals surface area contributed by atoms with Crippen molar-refractivity contribution in [1.82, 2.24) is 14.9 Å². The molecule has 0 spiro atoms. The highest BCUT2D eigenvalue weighted by Gasteiger charge is 2.54. The van der Waals surface area contributed by atoms with Crippen LogP contribution in [0.3, 0.4) is 0 Å². The second kappa shape index (κ2) is 8.19. The maximum Gasteiger partial charge on any atom is 0.249 e. The highest BCUT2D eigenvalue weighted by molar-refractivity contribution is 5.93. The average molecular weight is 410 g/mol. The van der Waals surface area contributed by atoms with E-state index in [1.807, 2.05) is 6.07 Å². The van der Waals surface area contributed by atoms with E-state index in [2.05, 4.69) is 16.5 Å². The van der Waals surface area contributed by atoms with Crippen LogP contribution < -0.4 is 4.74 Å². The Morgan fingerprint density at radius 3 is 2.67 bits per heavy atom. The topological polar surface area (TPSA) is 79.1 Å². The summed E-state index contributed by atoms with van der Waals surface area (Å²) < 4.78 is 32.8. The fourth-order valence-corrected chi connectivity index (χ4v) is 4.01. The van der Waals surface area contributed by atoms with Crippen LogP contribution in [0, 0.1) is 28.9 Å². The number of halogens is 2. The summed E-state index contributed by atoms with van der Waals surface area (Å²) >= 11 is 0. The lowest BCUT2D eigenvalue weighted by molar-refractivity contribution is -0.129. The molecule has 1 aliphatic carbocycles. The van der Waals surface area contributed by atoms with Gasteiger partial charge in [0.1, 0.15) is 17.7 Å². The first-order chi connectivity index (χ1) is 14.5. The van der Waals surface area contributed by atoms with Gasteiger partial charge < -0.3 is 9.64 Å². The minimum Gasteiger partial charge on any atom is -0.477 e. The molecule has 1 saturated carbocycles. The Morgan fingerprint density at radius 1 is 1.23 bits per heavy atom. The Kier molecular flexibility index (Phi) is 5.44. The summed E-state index contributed by atoms with van der Waals surface area (Å²) in [6, 6.07) is 5.11. The molecule has 154 valence electrons. The maximum atomic E-state index is 13.7. The average Bonchev–Trinajstić information content (AvgIpc) is 3.40. The summed E-state index contributed by atoms with van der Waals surface area (Å²) in [6.45, 7) is 4.24. The second-order valence-corrected chi connectivity index (χ2v) is 7.64. The molecule has 1 amide bonds. The number of rotatable bonds is 7. The van der Waals surface area contributed by atoms with E-state index < -0.39 is 11.6 Å². The molecule has 4 rings (SSSR count). The second-order valence-electron chi connectivity index (χ2n) is 7.64. The number of likely N-dealkylation sites (tertiary alicyclic amines) is 1. The third kappa shape index (κ3) is 4.15. The van der Waals surface area contributed by atoms with E-state index in [0.29, 0.717) is 48.8 Å². The molecule has 0 unspecified atom stereocenters. The number of nitriles is 1. The van der Waals surface area contributed by atoms with Gasteiger partial charge in [-0.15, -0.1) is 0 Å². The molecular weight excluding hydrogens is 390 g/mol. The van der Waals surface area contributed by atoms with Crippen LogP contribution in [-0.4, -0.2) is 33.4 Å². The molecular formula is C22H20F2N4O2. The third-order valence-corrected chi connectivity index (χ3v) is 5.53. The van der Waals surface area contributed by atoms with Crippen molar-refractivity contribution in [1.29, 1.82) is 5.26 Å². The Hall–Kier alpha value is -3.34. The lowest BCUT2D eigenvalue weighted by Crippen LogP contribution is -2.34. The van der Waals surface area contributed by atoms with Gasteiger partial charge in [0.2, 0.25) is 11.8 Å². The number of nitrogens with zero attached hydrogens (tertiary/aromatic N) is 4. The van der Waals surface area contributed by atoms with Crippen molar-refractivity contribution in [3.63, 3.8) is 0 Å². The van der Waals surface area contributed by atoms with Gasteiger partial charge in [0.15, 0.2) is 5.69 Å². The van der Waals surface area contributed by atoms with Crippen LogP contribution in [0.1, 0.15) is 43.0 Å². The number of amides is 1. The number of carbonyl (C=O) groups is 1. The summed E-state index contributed by atoms with van der Waals surface area (Å²) in [7, 11) is 0. The van der Waals surface area contributed by atoms with Crippen molar-refractivity contribution in [2.24, 2.45) is 5.92 Å². The summed E-state index contributed by atoms with van der Waals surface area (Å²) in [5, 5.41) is 8.71. The van der Waals surface area contributed by atoms with Crippen molar-refractivity contribution < 1.29 is 18.3 Å². The highest BCUT2D eigenvalue weighted by atomic mass is 19.1. The number of fused-ring (bicyclic) bond motifs is 1. The number of ether oxygens (including phenoxy) is 1. The van der Waals surface area contributed by atoms with Gasteiger partial charge in [-0.3, -0.25) is 4.79 Å². The molecule has 8 heteroatoms. The van der Waals surface area contributed by atoms with Crippen molar-refractivity contribution in [3.8, 4) is 11.9 Å². The first kappa shape index (κ1) is 20.0. The minimum absolute atomic E-state index is 0.121. The monoisotopic (exact) mass is 410 g/mol. The van der Waals surface area contributed by atoms with Crippen LogP contribution in [0.15, 0.2) is 42.7 Å². The zero-order valence-corrected chi connectivity index (χ0v) is 16.2.